The highest BCUT2D eigenvalue weighted by Crippen LogP contribution is 2.23. The fraction of sp³-hybridized carbons (Fsp3) is 0.333. The summed E-state index contributed by atoms with van der Waals surface area (Å²) in [6.45, 7) is 1.96. The molecule has 0 spiro atoms. The molecular formula is C21H21F3N8. The van der Waals surface area contributed by atoms with Crippen LogP contribution in [0.25, 0.3) is 5.65 Å². The molecule has 3 aromatic heterocycles. The molecule has 32 heavy (non-hydrogen) atoms. The van der Waals surface area contributed by atoms with Crippen LogP contribution in [0.5, 0.6) is 0 Å². The largest absolute Gasteiger partial charge is 0.396 e. The van der Waals surface area contributed by atoms with Gasteiger partial charge in [-0.3, -0.25) is 4.99 Å². The van der Waals surface area contributed by atoms with E-state index in [9.17, 15) is 18.4 Å². The van der Waals surface area contributed by atoms with Crippen LogP contribution in [0.4, 0.5) is 19.0 Å². The minimum Gasteiger partial charge on any atom is -0.342 e. The first-order chi connectivity index (χ1) is 15.3. The SMILES string of the molecule is CCCc1c(C/C(=C/C=NC)Nc2ncccc2C#N)ncn2nc(CC(F)(F)F)nc12. The molecule has 3 aromatic rings. The van der Waals surface area contributed by atoms with E-state index >= 15 is 0 Å². The van der Waals surface area contributed by atoms with Crippen molar-refractivity contribution >= 4 is 17.7 Å². The van der Waals surface area contributed by atoms with E-state index in [0.717, 1.165) is 12.0 Å². The van der Waals surface area contributed by atoms with Gasteiger partial charge < -0.3 is 5.32 Å². The number of rotatable bonds is 8. The van der Waals surface area contributed by atoms with Crippen LogP contribution in [0, 0.1) is 11.3 Å². The molecule has 1 N–H and O–H groups in total. The summed E-state index contributed by atoms with van der Waals surface area (Å²) in [6, 6.07) is 5.39. The molecular weight excluding hydrogens is 421 g/mol. The number of anilines is 1. The van der Waals surface area contributed by atoms with Gasteiger partial charge >= 0.3 is 6.18 Å². The maximum atomic E-state index is 12.8. The van der Waals surface area contributed by atoms with Crippen molar-refractivity contribution in [1.82, 2.24) is 24.6 Å². The quantitative estimate of drug-likeness (QED) is 0.534. The second-order valence-electron chi connectivity index (χ2n) is 6.92. The maximum absolute atomic E-state index is 12.8. The number of hydrogen-bond acceptors (Lipinski definition) is 7. The lowest BCUT2D eigenvalue weighted by molar-refractivity contribution is -0.128. The van der Waals surface area contributed by atoms with Crippen LogP contribution in [0.2, 0.25) is 0 Å². The van der Waals surface area contributed by atoms with Crippen LogP contribution in [0.15, 0.2) is 41.4 Å². The van der Waals surface area contributed by atoms with Crippen LogP contribution < -0.4 is 5.32 Å². The first-order valence-corrected chi connectivity index (χ1v) is 9.86. The highest BCUT2D eigenvalue weighted by Gasteiger charge is 2.30. The summed E-state index contributed by atoms with van der Waals surface area (Å²) in [5, 5.41) is 16.4. The number of pyridine rings is 1. The highest BCUT2D eigenvalue weighted by atomic mass is 19.4. The number of aliphatic imine (C=N–C) groups is 1. The first-order valence-electron chi connectivity index (χ1n) is 9.86. The lowest BCUT2D eigenvalue weighted by Gasteiger charge is -2.13. The Hall–Kier alpha value is -3.81. The molecule has 3 rings (SSSR count). The number of nitrogens with zero attached hydrogens (tertiary/aromatic N) is 7. The summed E-state index contributed by atoms with van der Waals surface area (Å²) >= 11 is 0. The smallest absolute Gasteiger partial charge is 0.342 e. The van der Waals surface area contributed by atoms with Crippen molar-refractivity contribution in [1.29, 1.82) is 5.26 Å². The Bertz CT molecular complexity index is 1190. The Balaban J connectivity index is 1.99. The van der Waals surface area contributed by atoms with Gasteiger partial charge in [0, 0.05) is 37.1 Å². The molecule has 0 aliphatic rings. The Morgan fingerprint density at radius 2 is 2.16 bits per heavy atom. The lowest BCUT2D eigenvalue weighted by atomic mass is 10.1. The van der Waals surface area contributed by atoms with E-state index < -0.39 is 12.6 Å². The van der Waals surface area contributed by atoms with Crippen molar-refractivity contribution in [3.05, 3.63) is 59.1 Å². The number of hydrogen-bond donors (Lipinski definition) is 1. The Morgan fingerprint density at radius 3 is 2.84 bits per heavy atom. The van der Waals surface area contributed by atoms with Gasteiger partial charge in [-0.15, -0.1) is 5.10 Å². The van der Waals surface area contributed by atoms with Crippen molar-refractivity contribution in [2.24, 2.45) is 4.99 Å². The summed E-state index contributed by atoms with van der Waals surface area (Å²) < 4.78 is 39.7. The molecule has 0 bridgehead atoms. The van der Waals surface area contributed by atoms with Gasteiger partial charge in [-0.1, -0.05) is 13.3 Å². The normalized spacial score (nSPS) is 12.4. The van der Waals surface area contributed by atoms with E-state index in [-0.39, 0.29) is 5.82 Å². The molecule has 0 unspecified atom stereocenters. The van der Waals surface area contributed by atoms with Crippen molar-refractivity contribution in [2.75, 3.05) is 12.4 Å². The molecule has 0 aromatic carbocycles. The summed E-state index contributed by atoms with van der Waals surface area (Å²) in [6.07, 6.45) is 2.28. The number of alkyl halides is 3. The number of aryl methyl sites for hydroxylation is 1. The number of allylic oxidation sites excluding steroid dienone is 2. The Morgan fingerprint density at radius 1 is 1.34 bits per heavy atom. The average Bonchev–Trinajstić information content (AvgIpc) is 3.15. The molecule has 0 aliphatic carbocycles. The molecule has 0 fully saturated rings. The second kappa shape index (κ2) is 10.00. The zero-order chi connectivity index (χ0) is 23.1. The van der Waals surface area contributed by atoms with Crippen molar-refractivity contribution in [2.45, 2.75) is 38.8 Å². The second-order valence-corrected chi connectivity index (χ2v) is 6.92. The van der Waals surface area contributed by atoms with E-state index in [4.69, 9.17) is 0 Å². The van der Waals surface area contributed by atoms with Crippen LogP contribution in [0.3, 0.4) is 0 Å². The Kier molecular flexibility index (Phi) is 7.14. The third kappa shape index (κ3) is 5.66. The third-order valence-electron chi connectivity index (χ3n) is 4.46. The zero-order valence-corrected chi connectivity index (χ0v) is 17.6. The maximum Gasteiger partial charge on any atom is 0.396 e. The summed E-state index contributed by atoms with van der Waals surface area (Å²) in [7, 11) is 1.63. The summed E-state index contributed by atoms with van der Waals surface area (Å²) in [5.41, 5.74) is 2.75. The minimum atomic E-state index is -4.40. The van der Waals surface area contributed by atoms with E-state index in [1.165, 1.54) is 10.8 Å². The standard InChI is InChI=1S/C21H21F3N8/c1-3-5-16-17(28-13-32-20(16)30-18(31-32)11-21(22,23)24)10-15(7-9-26-2)29-19-14(12-25)6-4-8-27-19/h4,6-9,13H,3,5,10-11H2,1-2H3,(H,27,29)/b15-7-,26-9?. The third-order valence-corrected chi connectivity index (χ3v) is 4.46. The molecule has 0 aliphatic heterocycles. The van der Waals surface area contributed by atoms with E-state index in [1.54, 1.807) is 37.7 Å². The predicted octanol–water partition coefficient (Wildman–Crippen LogP) is 3.69. The van der Waals surface area contributed by atoms with Crippen molar-refractivity contribution < 1.29 is 13.2 Å². The molecule has 11 heteroatoms. The zero-order valence-electron chi connectivity index (χ0n) is 17.6. The average molecular weight is 442 g/mol. The number of nitriles is 1. The Labute approximate surface area is 182 Å². The van der Waals surface area contributed by atoms with Gasteiger partial charge in [0.05, 0.1) is 11.3 Å². The molecule has 0 saturated heterocycles. The van der Waals surface area contributed by atoms with Gasteiger partial charge in [-0.2, -0.15) is 18.4 Å². The molecule has 3 heterocycles. The van der Waals surface area contributed by atoms with Gasteiger partial charge in [0.1, 0.15) is 24.6 Å². The number of aromatic nitrogens is 5. The topological polar surface area (TPSA) is 104 Å². The van der Waals surface area contributed by atoms with Crippen molar-refractivity contribution in [3.63, 3.8) is 0 Å². The minimum absolute atomic E-state index is 0.298. The summed E-state index contributed by atoms with van der Waals surface area (Å²) in [5.74, 6) is 0.0896. The van der Waals surface area contributed by atoms with Crippen LogP contribution >= 0.6 is 0 Å². The number of halogens is 3. The van der Waals surface area contributed by atoms with Crippen LogP contribution in [-0.4, -0.2) is 44.0 Å². The highest BCUT2D eigenvalue weighted by molar-refractivity contribution is 5.73. The van der Waals surface area contributed by atoms with Crippen LogP contribution in [0.1, 0.15) is 36.0 Å². The summed E-state index contributed by atoms with van der Waals surface area (Å²) in [4.78, 5) is 16.7. The van der Waals surface area contributed by atoms with Gasteiger partial charge in [0.15, 0.2) is 11.5 Å². The lowest BCUT2D eigenvalue weighted by Crippen LogP contribution is -2.12. The predicted molar refractivity (Wildman–Crippen MR) is 113 cm³/mol. The fourth-order valence-corrected chi connectivity index (χ4v) is 3.13. The van der Waals surface area contributed by atoms with Gasteiger partial charge in [0.2, 0.25) is 0 Å². The number of fused-ring (bicyclic) bond motifs is 1. The van der Waals surface area contributed by atoms with Crippen molar-refractivity contribution in [3.8, 4) is 6.07 Å². The monoisotopic (exact) mass is 442 g/mol. The van der Waals surface area contributed by atoms with E-state index in [0.29, 0.717) is 41.3 Å². The fourth-order valence-electron chi connectivity index (χ4n) is 3.13. The van der Waals surface area contributed by atoms with Gasteiger partial charge in [-0.05, 0) is 24.6 Å². The molecule has 0 radical (unpaired) electrons. The molecule has 0 saturated carbocycles. The van der Waals surface area contributed by atoms with E-state index in [1.807, 2.05) is 6.92 Å². The number of nitrogens with one attached hydrogen (secondary N) is 1. The van der Waals surface area contributed by atoms with Gasteiger partial charge in [-0.25, -0.2) is 19.5 Å². The molecule has 0 atom stereocenters. The molecule has 166 valence electrons. The van der Waals surface area contributed by atoms with Gasteiger partial charge in [0.25, 0.3) is 0 Å². The van der Waals surface area contributed by atoms with Crippen LogP contribution in [-0.2, 0) is 19.3 Å². The first kappa shape index (κ1) is 22.9. The molecule has 8 nitrogen and oxygen atoms in total. The molecule has 0 amide bonds. The van der Waals surface area contributed by atoms with E-state index in [2.05, 4.69) is 36.4 Å².